The lowest BCUT2D eigenvalue weighted by Gasteiger charge is -2.28. The predicted molar refractivity (Wildman–Crippen MR) is 108 cm³/mol. The Balaban J connectivity index is 1.71. The third kappa shape index (κ3) is 3.28. The van der Waals surface area contributed by atoms with E-state index in [1.165, 1.54) is 0 Å². The van der Waals surface area contributed by atoms with E-state index in [4.69, 9.17) is 15.7 Å². The van der Waals surface area contributed by atoms with E-state index in [1.807, 2.05) is 42.5 Å². The van der Waals surface area contributed by atoms with Gasteiger partial charge in [0.1, 0.15) is 5.82 Å². The van der Waals surface area contributed by atoms with Crippen molar-refractivity contribution in [3.63, 3.8) is 0 Å². The van der Waals surface area contributed by atoms with Gasteiger partial charge in [-0.3, -0.25) is 0 Å². The minimum atomic E-state index is 0.0466. The van der Waals surface area contributed by atoms with Crippen LogP contribution in [0.15, 0.2) is 48.5 Å². The summed E-state index contributed by atoms with van der Waals surface area (Å²) >= 11 is 0. The molecule has 1 aliphatic rings. The van der Waals surface area contributed by atoms with Crippen LogP contribution >= 0.6 is 0 Å². The van der Waals surface area contributed by atoms with Gasteiger partial charge in [-0.1, -0.05) is 30.3 Å². The molecule has 1 aliphatic heterocycles. The van der Waals surface area contributed by atoms with E-state index in [0.29, 0.717) is 0 Å². The van der Waals surface area contributed by atoms with Gasteiger partial charge >= 0.3 is 0 Å². The van der Waals surface area contributed by atoms with E-state index >= 15 is 0 Å². The fraction of sp³-hybridized carbons (Fsp3) is 0.300. The summed E-state index contributed by atoms with van der Waals surface area (Å²) in [6.45, 7) is 5.84. The Kier molecular flexibility index (Phi) is 4.58. The standard InChI is InChI=1S/C20H24N6/c1-14(15-6-2-4-8-17(15)21)23-19-16-7-3-5-9-18(16)24-20(25-19)26-12-10-22-11-13-26/h2-9,14,22H,10-13,21H2,1H3,(H,23,24,25). The molecule has 0 amide bonds. The monoisotopic (exact) mass is 348 g/mol. The van der Waals surface area contributed by atoms with Gasteiger partial charge in [-0.25, -0.2) is 4.98 Å². The molecule has 2 heterocycles. The number of benzene rings is 2. The molecule has 6 nitrogen and oxygen atoms in total. The van der Waals surface area contributed by atoms with Crippen molar-refractivity contribution in [2.24, 2.45) is 0 Å². The number of nitrogen functional groups attached to an aromatic ring is 1. The third-order valence-electron chi connectivity index (χ3n) is 4.81. The van der Waals surface area contributed by atoms with Crippen molar-refractivity contribution in [1.29, 1.82) is 0 Å². The summed E-state index contributed by atoms with van der Waals surface area (Å²) in [5.74, 6) is 1.63. The van der Waals surface area contributed by atoms with E-state index in [-0.39, 0.29) is 6.04 Å². The van der Waals surface area contributed by atoms with E-state index in [2.05, 4.69) is 28.5 Å². The summed E-state index contributed by atoms with van der Waals surface area (Å²) in [5, 5.41) is 7.94. The third-order valence-corrected chi connectivity index (χ3v) is 4.81. The zero-order chi connectivity index (χ0) is 17.9. The van der Waals surface area contributed by atoms with Crippen LogP contribution in [-0.2, 0) is 0 Å². The van der Waals surface area contributed by atoms with E-state index < -0.39 is 0 Å². The van der Waals surface area contributed by atoms with Crippen LogP contribution in [0.5, 0.6) is 0 Å². The van der Waals surface area contributed by atoms with Crippen LogP contribution in [0.2, 0.25) is 0 Å². The molecular formula is C20H24N6. The maximum Gasteiger partial charge on any atom is 0.227 e. The van der Waals surface area contributed by atoms with Gasteiger partial charge in [0.25, 0.3) is 0 Å². The van der Waals surface area contributed by atoms with Crippen molar-refractivity contribution >= 4 is 28.4 Å². The first-order valence-electron chi connectivity index (χ1n) is 9.06. The van der Waals surface area contributed by atoms with Gasteiger partial charge in [-0.15, -0.1) is 0 Å². The van der Waals surface area contributed by atoms with Crippen LogP contribution in [0.4, 0.5) is 17.5 Å². The van der Waals surface area contributed by atoms with Crippen molar-refractivity contribution in [3.05, 3.63) is 54.1 Å². The number of hydrogen-bond donors (Lipinski definition) is 3. The molecular weight excluding hydrogens is 324 g/mol. The van der Waals surface area contributed by atoms with E-state index in [0.717, 1.165) is 60.1 Å². The number of nitrogens with two attached hydrogens (primary N) is 1. The zero-order valence-corrected chi connectivity index (χ0v) is 14.9. The second-order valence-corrected chi connectivity index (χ2v) is 6.62. The zero-order valence-electron chi connectivity index (χ0n) is 14.9. The summed E-state index contributed by atoms with van der Waals surface area (Å²) < 4.78 is 0. The topological polar surface area (TPSA) is 79.1 Å². The second-order valence-electron chi connectivity index (χ2n) is 6.62. The molecule has 1 unspecified atom stereocenters. The van der Waals surface area contributed by atoms with Gasteiger partial charge < -0.3 is 21.3 Å². The summed E-state index contributed by atoms with van der Waals surface area (Å²) in [5.41, 5.74) is 8.95. The first-order valence-corrected chi connectivity index (χ1v) is 9.06. The molecule has 26 heavy (non-hydrogen) atoms. The van der Waals surface area contributed by atoms with Gasteiger partial charge in [-0.05, 0) is 30.7 Å². The van der Waals surface area contributed by atoms with Crippen molar-refractivity contribution in [3.8, 4) is 0 Å². The molecule has 1 atom stereocenters. The normalized spacial score (nSPS) is 15.8. The SMILES string of the molecule is CC(Nc1nc(N2CCNCC2)nc2ccccc12)c1ccccc1N. The van der Waals surface area contributed by atoms with Crippen LogP contribution in [0.3, 0.4) is 0 Å². The second kappa shape index (κ2) is 7.17. The summed E-state index contributed by atoms with van der Waals surface area (Å²) in [6.07, 6.45) is 0. The number of piperazine rings is 1. The van der Waals surface area contributed by atoms with Gasteiger partial charge in [-0.2, -0.15) is 4.98 Å². The van der Waals surface area contributed by atoms with Gasteiger partial charge in [0.15, 0.2) is 0 Å². The number of nitrogens with one attached hydrogen (secondary N) is 2. The molecule has 0 aliphatic carbocycles. The first-order chi connectivity index (χ1) is 12.7. The van der Waals surface area contributed by atoms with Gasteiger partial charge in [0, 0.05) is 37.3 Å². The number of nitrogens with zero attached hydrogens (tertiary/aromatic N) is 3. The minimum Gasteiger partial charge on any atom is -0.398 e. The fourth-order valence-corrected chi connectivity index (χ4v) is 3.37. The van der Waals surface area contributed by atoms with E-state index in [1.54, 1.807) is 0 Å². The van der Waals surface area contributed by atoms with Gasteiger partial charge in [0.2, 0.25) is 5.95 Å². The van der Waals surface area contributed by atoms with Crippen LogP contribution in [0.1, 0.15) is 18.5 Å². The molecule has 0 spiro atoms. The van der Waals surface area contributed by atoms with Crippen molar-refractivity contribution in [1.82, 2.24) is 15.3 Å². The van der Waals surface area contributed by atoms with Crippen LogP contribution < -0.4 is 21.3 Å². The molecule has 4 N–H and O–H groups in total. The molecule has 0 bridgehead atoms. The van der Waals surface area contributed by atoms with E-state index in [9.17, 15) is 0 Å². The molecule has 6 heteroatoms. The Hall–Kier alpha value is -2.86. The Labute approximate surface area is 153 Å². The molecule has 134 valence electrons. The first kappa shape index (κ1) is 16.6. The molecule has 3 aromatic rings. The van der Waals surface area contributed by atoms with Crippen molar-refractivity contribution < 1.29 is 0 Å². The molecule has 1 saturated heterocycles. The quantitative estimate of drug-likeness (QED) is 0.629. The highest BCUT2D eigenvalue weighted by molar-refractivity contribution is 5.90. The lowest BCUT2D eigenvalue weighted by Crippen LogP contribution is -2.44. The highest BCUT2D eigenvalue weighted by Gasteiger charge is 2.17. The number of anilines is 3. The number of hydrogen-bond acceptors (Lipinski definition) is 6. The molecule has 2 aromatic carbocycles. The highest BCUT2D eigenvalue weighted by atomic mass is 15.3. The maximum absolute atomic E-state index is 6.15. The largest absolute Gasteiger partial charge is 0.398 e. The van der Waals surface area contributed by atoms with Gasteiger partial charge in [0.05, 0.1) is 11.6 Å². The molecule has 1 fully saturated rings. The number of para-hydroxylation sites is 2. The molecule has 4 rings (SSSR count). The lowest BCUT2D eigenvalue weighted by molar-refractivity contribution is 0.580. The summed E-state index contributed by atoms with van der Waals surface area (Å²) in [4.78, 5) is 11.9. The molecule has 0 radical (unpaired) electrons. The van der Waals surface area contributed by atoms with Crippen molar-refractivity contribution in [2.75, 3.05) is 42.1 Å². The summed E-state index contributed by atoms with van der Waals surface area (Å²) in [7, 11) is 0. The van der Waals surface area contributed by atoms with Crippen LogP contribution in [0.25, 0.3) is 10.9 Å². The highest BCUT2D eigenvalue weighted by Crippen LogP contribution is 2.28. The molecule has 0 saturated carbocycles. The van der Waals surface area contributed by atoms with Crippen LogP contribution in [0, 0.1) is 0 Å². The minimum absolute atomic E-state index is 0.0466. The predicted octanol–water partition coefficient (Wildman–Crippen LogP) is 2.79. The summed E-state index contributed by atoms with van der Waals surface area (Å²) in [6, 6.07) is 16.1. The lowest BCUT2D eigenvalue weighted by atomic mass is 10.1. The maximum atomic E-state index is 6.15. The smallest absolute Gasteiger partial charge is 0.227 e. The average Bonchev–Trinajstić information content (AvgIpc) is 2.69. The number of fused-ring (bicyclic) bond motifs is 1. The Morgan fingerprint density at radius 3 is 2.58 bits per heavy atom. The fourth-order valence-electron chi connectivity index (χ4n) is 3.37. The Bertz CT molecular complexity index is 904. The number of aromatic nitrogens is 2. The van der Waals surface area contributed by atoms with Crippen LogP contribution in [-0.4, -0.2) is 36.1 Å². The number of rotatable bonds is 4. The Morgan fingerprint density at radius 2 is 1.77 bits per heavy atom. The molecule has 1 aromatic heterocycles. The Morgan fingerprint density at radius 1 is 1.04 bits per heavy atom. The average molecular weight is 348 g/mol. The van der Waals surface area contributed by atoms with Crippen molar-refractivity contribution in [2.45, 2.75) is 13.0 Å².